The fourth-order valence-electron chi connectivity index (χ4n) is 3.95. The summed E-state index contributed by atoms with van der Waals surface area (Å²) in [5.74, 6) is -0.0241. The number of tetrazole rings is 1. The first-order valence-electron chi connectivity index (χ1n) is 9.68. The fourth-order valence-corrected chi connectivity index (χ4v) is 5.42. The zero-order valence-electron chi connectivity index (χ0n) is 15.6. The molecule has 2 aromatic rings. The number of hydrogen-bond acceptors (Lipinski definition) is 6. The van der Waals surface area contributed by atoms with Crippen LogP contribution in [0.25, 0.3) is 5.69 Å². The van der Waals surface area contributed by atoms with Crippen LogP contribution in [0.3, 0.4) is 0 Å². The van der Waals surface area contributed by atoms with E-state index < -0.39 is 10.0 Å². The molecule has 1 saturated carbocycles. The molecule has 150 valence electrons. The highest BCUT2D eigenvalue weighted by molar-refractivity contribution is 7.89. The Morgan fingerprint density at radius 3 is 2.32 bits per heavy atom. The first-order chi connectivity index (χ1) is 13.5. The maximum absolute atomic E-state index is 12.9. The monoisotopic (exact) mass is 404 g/mol. The summed E-state index contributed by atoms with van der Waals surface area (Å²) in [4.78, 5) is 12.7. The van der Waals surface area contributed by atoms with E-state index in [9.17, 15) is 13.2 Å². The zero-order chi connectivity index (χ0) is 19.6. The van der Waals surface area contributed by atoms with E-state index in [1.165, 1.54) is 28.2 Å². The maximum atomic E-state index is 12.9. The van der Waals surface area contributed by atoms with Gasteiger partial charge in [-0.05, 0) is 60.4 Å². The van der Waals surface area contributed by atoms with Crippen molar-refractivity contribution in [1.82, 2.24) is 29.8 Å². The van der Waals surface area contributed by atoms with Gasteiger partial charge in [0.1, 0.15) is 6.33 Å². The third kappa shape index (κ3) is 3.93. The van der Waals surface area contributed by atoms with Crippen molar-refractivity contribution in [3.63, 3.8) is 0 Å². The molecule has 1 saturated heterocycles. The van der Waals surface area contributed by atoms with Crippen molar-refractivity contribution in [1.29, 1.82) is 0 Å². The molecule has 2 aliphatic rings. The second-order valence-corrected chi connectivity index (χ2v) is 9.35. The molecular formula is C18H24N6O3S. The Morgan fingerprint density at radius 1 is 1.04 bits per heavy atom. The molecule has 0 bridgehead atoms. The molecule has 1 aromatic carbocycles. The van der Waals surface area contributed by atoms with Crippen LogP contribution in [0.2, 0.25) is 0 Å². The van der Waals surface area contributed by atoms with Crippen LogP contribution in [0.5, 0.6) is 0 Å². The molecule has 0 atom stereocenters. The van der Waals surface area contributed by atoms with Crippen molar-refractivity contribution in [3.8, 4) is 5.69 Å². The van der Waals surface area contributed by atoms with Gasteiger partial charge in [-0.1, -0.05) is 12.8 Å². The van der Waals surface area contributed by atoms with Crippen LogP contribution >= 0.6 is 0 Å². The molecule has 4 rings (SSSR count). The predicted molar refractivity (Wildman–Crippen MR) is 101 cm³/mol. The molecule has 1 N–H and O–H groups in total. The molecule has 28 heavy (non-hydrogen) atoms. The molecule has 0 spiro atoms. The van der Waals surface area contributed by atoms with Crippen molar-refractivity contribution < 1.29 is 13.2 Å². The number of amides is 1. The highest BCUT2D eigenvalue weighted by Crippen LogP contribution is 2.25. The van der Waals surface area contributed by atoms with Crippen molar-refractivity contribution in [2.45, 2.75) is 49.5 Å². The number of piperidine rings is 1. The van der Waals surface area contributed by atoms with E-state index >= 15 is 0 Å². The Bertz CT molecular complexity index is 899. The molecule has 1 aliphatic carbocycles. The van der Waals surface area contributed by atoms with Gasteiger partial charge in [0.2, 0.25) is 15.9 Å². The fraction of sp³-hybridized carbons (Fsp3) is 0.556. The van der Waals surface area contributed by atoms with E-state index in [1.54, 1.807) is 24.3 Å². The van der Waals surface area contributed by atoms with Crippen LogP contribution in [-0.2, 0) is 14.8 Å². The Morgan fingerprint density at radius 2 is 1.71 bits per heavy atom. The number of hydrogen-bond donors (Lipinski definition) is 1. The average Bonchev–Trinajstić information content (AvgIpc) is 3.42. The number of aromatic nitrogens is 4. The molecule has 9 nitrogen and oxygen atoms in total. The lowest BCUT2D eigenvalue weighted by atomic mass is 9.97. The number of rotatable bonds is 5. The van der Waals surface area contributed by atoms with Gasteiger partial charge in [-0.25, -0.2) is 13.1 Å². The Balaban J connectivity index is 1.37. The predicted octanol–water partition coefficient (Wildman–Crippen LogP) is 1.12. The lowest BCUT2D eigenvalue weighted by Crippen LogP contribution is -2.44. The van der Waals surface area contributed by atoms with E-state index in [0.29, 0.717) is 37.7 Å². The quantitative estimate of drug-likeness (QED) is 0.800. The van der Waals surface area contributed by atoms with Crippen LogP contribution in [0, 0.1) is 5.92 Å². The molecule has 1 aliphatic heterocycles. The van der Waals surface area contributed by atoms with E-state index in [4.69, 9.17) is 0 Å². The highest BCUT2D eigenvalue weighted by atomic mass is 32.2. The number of carbonyl (C=O) groups excluding carboxylic acids is 1. The maximum Gasteiger partial charge on any atom is 0.243 e. The normalized spacial score (nSPS) is 19.7. The summed E-state index contributed by atoms with van der Waals surface area (Å²) in [6.45, 7) is 0.722. The zero-order valence-corrected chi connectivity index (χ0v) is 16.4. The summed E-state index contributed by atoms with van der Waals surface area (Å²) >= 11 is 0. The summed E-state index contributed by atoms with van der Waals surface area (Å²) in [7, 11) is -3.58. The van der Waals surface area contributed by atoms with Crippen LogP contribution in [-0.4, -0.2) is 58.0 Å². The van der Waals surface area contributed by atoms with Crippen LogP contribution in [0.15, 0.2) is 35.5 Å². The molecule has 2 fully saturated rings. The molecule has 1 amide bonds. The van der Waals surface area contributed by atoms with E-state index in [-0.39, 0.29) is 16.7 Å². The molecule has 1 aromatic heterocycles. The third-order valence-electron chi connectivity index (χ3n) is 5.61. The second-order valence-electron chi connectivity index (χ2n) is 7.42. The van der Waals surface area contributed by atoms with Gasteiger partial charge >= 0.3 is 0 Å². The molecule has 2 heterocycles. The average molecular weight is 404 g/mol. The van der Waals surface area contributed by atoms with Crippen LogP contribution in [0.4, 0.5) is 0 Å². The van der Waals surface area contributed by atoms with Gasteiger partial charge in [0.25, 0.3) is 0 Å². The SMILES string of the molecule is O=C(NC1CCCC1)C1CCN(S(=O)(=O)c2ccc(-n3cnnn3)cc2)CC1. The van der Waals surface area contributed by atoms with Gasteiger partial charge in [0, 0.05) is 25.0 Å². The highest BCUT2D eigenvalue weighted by Gasteiger charge is 2.33. The Hall–Kier alpha value is -2.33. The van der Waals surface area contributed by atoms with Crippen molar-refractivity contribution in [2.75, 3.05) is 13.1 Å². The van der Waals surface area contributed by atoms with Crippen molar-refractivity contribution in [3.05, 3.63) is 30.6 Å². The van der Waals surface area contributed by atoms with Gasteiger partial charge in [-0.2, -0.15) is 4.31 Å². The number of sulfonamides is 1. The number of benzene rings is 1. The molecular weight excluding hydrogens is 380 g/mol. The van der Waals surface area contributed by atoms with Gasteiger partial charge < -0.3 is 5.32 Å². The van der Waals surface area contributed by atoms with Gasteiger partial charge in [-0.15, -0.1) is 5.10 Å². The van der Waals surface area contributed by atoms with E-state index in [0.717, 1.165) is 12.8 Å². The topological polar surface area (TPSA) is 110 Å². The molecule has 0 unspecified atom stereocenters. The molecule has 0 radical (unpaired) electrons. The Kier molecular flexibility index (Phi) is 5.40. The second kappa shape index (κ2) is 7.96. The summed E-state index contributed by atoms with van der Waals surface area (Å²) in [6.07, 6.45) is 7.02. The Labute approximate surface area is 164 Å². The van der Waals surface area contributed by atoms with Crippen LogP contribution in [0.1, 0.15) is 38.5 Å². The van der Waals surface area contributed by atoms with Crippen LogP contribution < -0.4 is 5.32 Å². The number of nitrogens with zero attached hydrogens (tertiary/aromatic N) is 5. The lowest BCUT2D eigenvalue weighted by molar-refractivity contribution is -0.126. The van der Waals surface area contributed by atoms with Gasteiger partial charge in [0.15, 0.2) is 0 Å². The van der Waals surface area contributed by atoms with Crippen molar-refractivity contribution >= 4 is 15.9 Å². The van der Waals surface area contributed by atoms with E-state index in [1.807, 2.05) is 0 Å². The van der Waals surface area contributed by atoms with Gasteiger partial charge in [0.05, 0.1) is 10.6 Å². The third-order valence-corrected chi connectivity index (χ3v) is 7.53. The van der Waals surface area contributed by atoms with Gasteiger partial charge in [-0.3, -0.25) is 4.79 Å². The van der Waals surface area contributed by atoms with E-state index in [2.05, 4.69) is 20.8 Å². The molecule has 10 heteroatoms. The summed E-state index contributed by atoms with van der Waals surface area (Å²) in [6, 6.07) is 6.76. The summed E-state index contributed by atoms with van der Waals surface area (Å²) < 4.78 is 28.8. The number of nitrogens with one attached hydrogen (secondary N) is 1. The largest absolute Gasteiger partial charge is 0.353 e. The minimum Gasteiger partial charge on any atom is -0.353 e. The first-order valence-corrected chi connectivity index (χ1v) is 11.1. The summed E-state index contributed by atoms with van der Waals surface area (Å²) in [5.41, 5.74) is 0.686. The number of carbonyl (C=O) groups is 1. The standard InChI is InChI=1S/C18H24N6O3S/c25-18(20-15-3-1-2-4-15)14-9-11-23(12-10-14)28(26,27)17-7-5-16(6-8-17)24-13-19-21-22-24/h5-8,13-15H,1-4,9-12H2,(H,20,25). The van der Waals surface area contributed by atoms with Crippen molar-refractivity contribution in [2.24, 2.45) is 5.92 Å². The minimum absolute atomic E-state index is 0.0785. The first kappa shape index (κ1) is 19.0. The smallest absolute Gasteiger partial charge is 0.243 e. The summed E-state index contributed by atoms with van der Waals surface area (Å²) in [5, 5.41) is 14.1. The minimum atomic E-state index is -3.58. The lowest BCUT2D eigenvalue weighted by Gasteiger charge is -2.31.